The van der Waals surface area contributed by atoms with Gasteiger partial charge in [0.2, 0.25) is 5.91 Å². The van der Waals surface area contributed by atoms with E-state index >= 15 is 0 Å². The van der Waals surface area contributed by atoms with E-state index in [1.54, 1.807) is 0 Å². The monoisotopic (exact) mass is 236 g/mol. The van der Waals surface area contributed by atoms with Crippen LogP contribution in [-0.2, 0) is 18.3 Å². The zero-order valence-electron chi connectivity index (χ0n) is 10.7. The van der Waals surface area contributed by atoms with Crippen molar-refractivity contribution < 1.29 is 4.79 Å². The summed E-state index contributed by atoms with van der Waals surface area (Å²) < 4.78 is 1.89. The number of nitrogens with one attached hydrogen (secondary N) is 2. The summed E-state index contributed by atoms with van der Waals surface area (Å²) in [6.45, 7) is 6.41. The number of carbonyl (C=O) groups is 1. The van der Waals surface area contributed by atoms with Crippen LogP contribution >= 0.6 is 0 Å². The minimum atomic E-state index is 0.169. The summed E-state index contributed by atoms with van der Waals surface area (Å²) in [5, 5.41) is 10.4. The Kier molecular flexibility index (Phi) is 3.47. The van der Waals surface area contributed by atoms with E-state index in [1.807, 2.05) is 18.7 Å². The number of carbonyl (C=O) groups excluding carboxylic acids is 1. The SMILES string of the molecule is Cc1nn(C)c(C)c1CCNC(=O)C1CNC1. The molecule has 0 radical (unpaired) electrons. The highest BCUT2D eigenvalue weighted by Crippen LogP contribution is 2.12. The summed E-state index contributed by atoms with van der Waals surface area (Å²) in [5.74, 6) is 0.342. The summed E-state index contributed by atoms with van der Waals surface area (Å²) in [6.07, 6.45) is 0.859. The molecule has 1 aliphatic heterocycles. The van der Waals surface area contributed by atoms with E-state index in [0.29, 0.717) is 6.54 Å². The molecule has 1 fully saturated rings. The van der Waals surface area contributed by atoms with Crippen molar-refractivity contribution in [1.29, 1.82) is 0 Å². The molecule has 0 aliphatic carbocycles. The molecule has 17 heavy (non-hydrogen) atoms. The second kappa shape index (κ2) is 4.87. The minimum Gasteiger partial charge on any atom is -0.355 e. The van der Waals surface area contributed by atoms with E-state index in [9.17, 15) is 4.79 Å². The Morgan fingerprint density at radius 2 is 2.24 bits per heavy atom. The van der Waals surface area contributed by atoms with E-state index in [0.717, 1.165) is 25.2 Å². The third-order valence-corrected chi connectivity index (χ3v) is 3.49. The second-order valence-electron chi connectivity index (χ2n) is 4.67. The maximum absolute atomic E-state index is 11.6. The molecule has 0 spiro atoms. The summed E-state index contributed by atoms with van der Waals surface area (Å²) >= 11 is 0. The molecule has 5 nitrogen and oxygen atoms in total. The fourth-order valence-corrected chi connectivity index (χ4v) is 2.11. The molecule has 94 valence electrons. The number of hydrogen-bond acceptors (Lipinski definition) is 3. The van der Waals surface area contributed by atoms with Gasteiger partial charge in [-0.25, -0.2) is 0 Å². The summed E-state index contributed by atoms with van der Waals surface area (Å²) in [7, 11) is 1.95. The van der Waals surface area contributed by atoms with Gasteiger partial charge in [0.25, 0.3) is 0 Å². The number of nitrogens with zero attached hydrogens (tertiary/aromatic N) is 2. The van der Waals surface area contributed by atoms with E-state index in [2.05, 4.69) is 22.7 Å². The molecule has 0 unspecified atom stereocenters. The zero-order chi connectivity index (χ0) is 12.4. The number of aryl methyl sites for hydroxylation is 2. The second-order valence-corrected chi connectivity index (χ2v) is 4.67. The van der Waals surface area contributed by atoms with Crippen LogP contribution in [0.15, 0.2) is 0 Å². The highest BCUT2D eigenvalue weighted by Gasteiger charge is 2.24. The van der Waals surface area contributed by atoms with Crippen LogP contribution in [0.2, 0.25) is 0 Å². The molecule has 5 heteroatoms. The third kappa shape index (κ3) is 2.49. The van der Waals surface area contributed by atoms with Gasteiger partial charge < -0.3 is 10.6 Å². The van der Waals surface area contributed by atoms with E-state index < -0.39 is 0 Å². The fourth-order valence-electron chi connectivity index (χ4n) is 2.11. The van der Waals surface area contributed by atoms with Gasteiger partial charge in [0.15, 0.2) is 0 Å². The molecule has 2 heterocycles. The Hall–Kier alpha value is -1.36. The Morgan fingerprint density at radius 1 is 1.53 bits per heavy atom. The van der Waals surface area contributed by atoms with Gasteiger partial charge in [-0.1, -0.05) is 0 Å². The zero-order valence-corrected chi connectivity index (χ0v) is 10.7. The molecule has 1 aromatic heterocycles. The standard InChI is InChI=1S/C12H20N4O/c1-8-11(9(2)16(3)15-8)4-5-14-12(17)10-6-13-7-10/h10,13H,4-7H2,1-3H3,(H,14,17). The lowest BCUT2D eigenvalue weighted by Crippen LogP contribution is -2.51. The van der Waals surface area contributed by atoms with Crippen molar-refractivity contribution in [2.45, 2.75) is 20.3 Å². The van der Waals surface area contributed by atoms with Crippen molar-refractivity contribution in [3.05, 3.63) is 17.0 Å². The maximum atomic E-state index is 11.6. The van der Waals surface area contributed by atoms with Gasteiger partial charge in [0, 0.05) is 32.4 Å². The van der Waals surface area contributed by atoms with Crippen LogP contribution < -0.4 is 10.6 Å². The van der Waals surface area contributed by atoms with E-state index in [1.165, 1.54) is 11.3 Å². The van der Waals surface area contributed by atoms with Gasteiger partial charge in [-0.2, -0.15) is 5.10 Å². The number of rotatable bonds is 4. The van der Waals surface area contributed by atoms with Crippen LogP contribution in [0.5, 0.6) is 0 Å². The van der Waals surface area contributed by atoms with Gasteiger partial charge in [0.05, 0.1) is 11.6 Å². The van der Waals surface area contributed by atoms with E-state index in [4.69, 9.17) is 0 Å². The molecule has 1 amide bonds. The predicted octanol–water partition coefficient (Wildman–Crippen LogP) is -0.0850. The van der Waals surface area contributed by atoms with Gasteiger partial charge in [0.1, 0.15) is 0 Å². The van der Waals surface area contributed by atoms with E-state index in [-0.39, 0.29) is 11.8 Å². The first-order chi connectivity index (χ1) is 8.09. The largest absolute Gasteiger partial charge is 0.355 e. The maximum Gasteiger partial charge on any atom is 0.225 e. The molecular formula is C12H20N4O. The van der Waals surface area contributed by atoms with Crippen molar-refractivity contribution in [3.63, 3.8) is 0 Å². The smallest absolute Gasteiger partial charge is 0.225 e. The van der Waals surface area contributed by atoms with Gasteiger partial charge in [-0.05, 0) is 25.8 Å². The van der Waals surface area contributed by atoms with Crippen molar-refractivity contribution in [2.75, 3.05) is 19.6 Å². The van der Waals surface area contributed by atoms with Crippen LogP contribution in [0.25, 0.3) is 0 Å². The lowest BCUT2D eigenvalue weighted by molar-refractivity contribution is -0.126. The lowest BCUT2D eigenvalue weighted by Gasteiger charge is -2.25. The van der Waals surface area contributed by atoms with Crippen LogP contribution in [0, 0.1) is 19.8 Å². The normalized spacial score (nSPS) is 15.7. The minimum absolute atomic E-state index is 0.169. The number of amides is 1. The molecule has 0 atom stereocenters. The quantitative estimate of drug-likeness (QED) is 0.768. The van der Waals surface area contributed by atoms with Crippen molar-refractivity contribution >= 4 is 5.91 Å². The highest BCUT2D eigenvalue weighted by atomic mass is 16.2. The molecule has 1 aliphatic rings. The Bertz CT molecular complexity index is 420. The summed E-state index contributed by atoms with van der Waals surface area (Å²) in [4.78, 5) is 11.6. The van der Waals surface area contributed by atoms with Crippen molar-refractivity contribution in [3.8, 4) is 0 Å². The molecular weight excluding hydrogens is 216 g/mol. The van der Waals surface area contributed by atoms with Gasteiger partial charge >= 0.3 is 0 Å². The first kappa shape index (κ1) is 12.1. The van der Waals surface area contributed by atoms with Crippen molar-refractivity contribution in [2.24, 2.45) is 13.0 Å². The molecule has 0 bridgehead atoms. The number of aromatic nitrogens is 2. The average Bonchev–Trinajstić information content (AvgIpc) is 2.42. The summed E-state index contributed by atoms with van der Waals surface area (Å²) in [6, 6.07) is 0. The lowest BCUT2D eigenvalue weighted by atomic mass is 10.0. The first-order valence-electron chi connectivity index (χ1n) is 6.07. The number of hydrogen-bond donors (Lipinski definition) is 2. The first-order valence-corrected chi connectivity index (χ1v) is 6.07. The van der Waals surface area contributed by atoms with Crippen LogP contribution in [0.4, 0.5) is 0 Å². The van der Waals surface area contributed by atoms with Gasteiger partial charge in [-0.3, -0.25) is 9.48 Å². The Morgan fingerprint density at radius 3 is 2.71 bits per heavy atom. The molecule has 0 saturated carbocycles. The average molecular weight is 236 g/mol. The Balaban J connectivity index is 1.83. The molecule has 0 aromatic carbocycles. The molecule has 2 N–H and O–H groups in total. The predicted molar refractivity (Wildman–Crippen MR) is 65.8 cm³/mol. The topological polar surface area (TPSA) is 59.0 Å². The van der Waals surface area contributed by atoms with Crippen molar-refractivity contribution in [1.82, 2.24) is 20.4 Å². The third-order valence-electron chi connectivity index (χ3n) is 3.49. The van der Waals surface area contributed by atoms with Crippen LogP contribution in [-0.4, -0.2) is 35.3 Å². The molecule has 2 rings (SSSR count). The fraction of sp³-hybridized carbons (Fsp3) is 0.667. The van der Waals surface area contributed by atoms with Crippen LogP contribution in [0.3, 0.4) is 0 Å². The van der Waals surface area contributed by atoms with Crippen LogP contribution in [0.1, 0.15) is 17.0 Å². The van der Waals surface area contributed by atoms with Gasteiger partial charge in [-0.15, -0.1) is 0 Å². The molecule has 1 saturated heterocycles. The Labute approximate surface area is 102 Å². The highest BCUT2D eigenvalue weighted by molar-refractivity contribution is 5.79. The summed E-state index contributed by atoms with van der Waals surface area (Å²) in [5.41, 5.74) is 3.49. The molecule has 1 aromatic rings.